The Balaban J connectivity index is 1.60. The zero-order chi connectivity index (χ0) is 22.7. The second-order valence-corrected chi connectivity index (χ2v) is 15.2. The highest BCUT2D eigenvalue weighted by Crippen LogP contribution is 2.45. The van der Waals surface area contributed by atoms with Crippen LogP contribution in [0.4, 0.5) is 0 Å². The van der Waals surface area contributed by atoms with Gasteiger partial charge in [0.1, 0.15) is 11.5 Å². The zero-order valence-corrected chi connectivity index (χ0v) is 20.2. The molecule has 166 valence electrons. The molecule has 3 N–H and O–H groups in total. The third-order valence-electron chi connectivity index (χ3n) is 7.47. The van der Waals surface area contributed by atoms with Gasteiger partial charge in [-0.1, -0.05) is 51.1 Å². The average Bonchev–Trinajstić information content (AvgIpc) is 2.68. The van der Waals surface area contributed by atoms with E-state index >= 15 is 0 Å². The molecule has 0 radical (unpaired) electrons. The molecular weight excluding hydrogens is 406 g/mol. The number of rotatable bonds is 4. The maximum Gasteiger partial charge on any atom is 0.228 e. The first kappa shape index (κ1) is 21.9. The van der Waals surface area contributed by atoms with E-state index in [1.807, 2.05) is 31.2 Å². The van der Waals surface area contributed by atoms with E-state index in [0.717, 1.165) is 16.7 Å². The Kier molecular flexibility index (Phi) is 5.21. The van der Waals surface area contributed by atoms with Crippen molar-refractivity contribution in [2.75, 3.05) is 0 Å². The molecule has 0 saturated carbocycles. The lowest BCUT2D eigenvalue weighted by atomic mass is 9.76. The van der Waals surface area contributed by atoms with Gasteiger partial charge in [-0.05, 0) is 43.5 Å². The third kappa shape index (κ3) is 3.55. The van der Waals surface area contributed by atoms with Crippen LogP contribution < -0.4 is 5.32 Å². The van der Waals surface area contributed by atoms with Gasteiger partial charge in [-0.15, -0.1) is 0 Å². The molecule has 31 heavy (non-hydrogen) atoms. The number of β-lactam (4-membered cyclic amide) rings is 1. The van der Waals surface area contributed by atoms with E-state index in [0.29, 0.717) is 23.6 Å². The Labute approximate surface area is 185 Å². The van der Waals surface area contributed by atoms with Gasteiger partial charge in [-0.2, -0.15) is 0 Å². The summed E-state index contributed by atoms with van der Waals surface area (Å²) in [7, 11) is -2.00. The van der Waals surface area contributed by atoms with Crippen molar-refractivity contribution in [3.63, 3.8) is 0 Å². The highest BCUT2D eigenvalue weighted by molar-refractivity contribution is 6.74. The van der Waals surface area contributed by atoms with Crippen molar-refractivity contribution < 1.29 is 19.4 Å². The Hall–Kier alpha value is -2.31. The molecule has 1 aliphatic heterocycles. The smallest absolute Gasteiger partial charge is 0.228 e. The molecule has 4 rings (SSSR count). The number of carbonyl (C=O) groups is 1. The van der Waals surface area contributed by atoms with Crippen molar-refractivity contribution in [3.05, 3.63) is 47.0 Å². The maximum atomic E-state index is 12.5. The van der Waals surface area contributed by atoms with Crippen molar-refractivity contribution in [1.29, 1.82) is 0 Å². The monoisotopic (exact) mass is 439 g/mol. The van der Waals surface area contributed by atoms with Gasteiger partial charge in [0, 0.05) is 21.9 Å². The molecule has 1 fully saturated rings. The van der Waals surface area contributed by atoms with E-state index in [2.05, 4.69) is 45.3 Å². The normalized spacial score (nSPS) is 22.4. The summed E-state index contributed by atoms with van der Waals surface area (Å²) in [5, 5.41) is 26.2. The van der Waals surface area contributed by atoms with Crippen LogP contribution >= 0.6 is 0 Å². The fourth-order valence-corrected chi connectivity index (χ4v) is 6.01. The molecule has 1 heterocycles. The molecule has 1 saturated heterocycles. The van der Waals surface area contributed by atoms with Crippen LogP contribution in [0.2, 0.25) is 18.1 Å². The molecule has 0 aromatic heterocycles. The van der Waals surface area contributed by atoms with Crippen LogP contribution in [-0.2, 0) is 22.1 Å². The minimum atomic E-state index is -2.00. The van der Waals surface area contributed by atoms with Crippen molar-refractivity contribution in [2.45, 2.75) is 70.8 Å². The van der Waals surface area contributed by atoms with Crippen LogP contribution in [0.15, 0.2) is 35.9 Å². The molecule has 0 unspecified atom stereocenters. The quantitative estimate of drug-likeness (QED) is 0.277. The van der Waals surface area contributed by atoms with E-state index in [9.17, 15) is 15.0 Å². The number of aromatic hydroxyl groups is 2. The number of fused-ring (bicyclic) bond motifs is 2. The summed E-state index contributed by atoms with van der Waals surface area (Å²) in [6.45, 7) is 13.0. The summed E-state index contributed by atoms with van der Waals surface area (Å²) in [6, 6.07) is 7.26. The number of hydrogen-bond donors (Lipinski definition) is 3. The number of phenolic OH excluding ortho intramolecular Hbond substituents is 2. The van der Waals surface area contributed by atoms with Gasteiger partial charge in [0.15, 0.2) is 8.32 Å². The fourth-order valence-electron chi connectivity index (χ4n) is 4.58. The Morgan fingerprint density at radius 2 is 1.68 bits per heavy atom. The van der Waals surface area contributed by atoms with Crippen molar-refractivity contribution in [2.24, 2.45) is 5.92 Å². The zero-order valence-electron chi connectivity index (χ0n) is 19.2. The minimum absolute atomic E-state index is 0.0217. The first-order chi connectivity index (χ1) is 14.4. The van der Waals surface area contributed by atoms with Crippen LogP contribution in [0.5, 0.6) is 11.5 Å². The first-order valence-electron chi connectivity index (χ1n) is 11.0. The second-order valence-electron chi connectivity index (χ2n) is 10.5. The van der Waals surface area contributed by atoms with Gasteiger partial charge >= 0.3 is 0 Å². The number of carbonyl (C=O) groups excluding carboxylic acids is 1. The SMILES string of the molecule is C[C@H](O[Si](C)(C)C(C)(C)C)[C@H]1C(=O)N[C@@H]1C1=CCc2c(c(O)c3ccccc3c2O)C1. The number of phenols is 2. The summed E-state index contributed by atoms with van der Waals surface area (Å²) in [4.78, 5) is 12.5. The van der Waals surface area contributed by atoms with Crippen molar-refractivity contribution in [3.8, 4) is 11.5 Å². The summed E-state index contributed by atoms with van der Waals surface area (Å²) in [5.41, 5.74) is 2.60. The van der Waals surface area contributed by atoms with Gasteiger partial charge in [0.2, 0.25) is 5.91 Å². The Bertz CT molecular complexity index is 1080. The van der Waals surface area contributed by atoms with Crippen LogP contribution in [0.3, 0.4) is 0 Å². The average molecular weight is 440 g/mol. The topological polar surface area (TPSA) is 78.8 Å². The van der Waals surface area contributed by atoms with Crippen molar-refractivity contribution >= 4 is 25.0 Å². The van der Waals surface area contributed by atoms with Crippen LogP contribution in [0.1, 0.15) is 38.8 Å². The van der Waals surface area contributed by atoms with E-state index in [4.69, 9.17) is 4.43 Å². The molecule has 5 nitrogen and oxygen atoms in total. The van der Waals surface area contributed by atoms with Gasteiger partial charge < -0.3 is 20.0 Å². The van der Waals surface area contributed by atoms with Crippen LogP contribution in [-0.4, -0.2) is 36.6 Å². The highest BCUT2D eigenvalue weighted by atomic mass is 28.4. The molecule has 0 bridgehead atoms. The lowest BCUT2D eigenvalue weighted by molar-refractivity contribution is -0.138. The molecule has 1 amide bonds. The fraction of sp³-hybridized carbons (Fsp3) is 0.480. The Morgan fingerprint density at radius 3 is 2.23 bits per heavy atom. The van der Waals surface area contributed by atoms with Crippen LogP contribution in [0.25, 0.3) is 10.8 Å². The number of hydrogen-bond acceptors (Lipinski definition) is 4. The molecule has 3 atom stereocenters. The molecule has 6 heteroatoms. The van der Waals surface area contributed by atoms with Gasteiger partial charge in [-0.25, -0.2) is 0 Å². The van der Waals surface area contributed by atoms with Gasteiger partial charge in [-0.3, -0.25) is 4.79 Å². The largest absolute Gasteiger partial charge is 0.507 e. The predicted octanol–water partition coefficient (Wildman–Crippen LogP) is 4.80. The number of nitrogens with one attached hydrogen (secondary N) is 1. The summed E-state index contributed by atoms with van der Waals surface area (Å²) >= 11 is 0. The number of benzene rings is 2. The van der Waals surface area contributed by atoms with Crippen LogP contribution in [0, 0.1) is 5.92 Å². The number of allylic oxidation sites excluding steroid dienone is 1. The number of amides is 1. The van der Waals surface area contributed by atoms with E-state index in [1.54, 1.807) is 0 Å². The molecular formula is C25H33NO4Si. The lowest BCUT2D eigenvalue weighted by Gasteiger charge is -2.46. The van der Waals surface area contributed by atoms with Gasteiger partial charge in [0.25, 0.3) is 0 Å². The third-order valence-corrected chi connectivity index (χ3v) is 12.0. The summed E-state index contributed by atoms with van der Waals surface area (Å²) in [6.07, 6.45) is 2.95. The second kappa shape index (κ2) is 7.38. The summed E-state index contributed by atoms with van der Waals surface area (Å²) < 4.78 is 6.53. The predicted molar refractivity (Wildman–Crippen MR) is 126 cm³/mol. The first-order valence-corrected chi connectivity index (χ1v) is 13.9. The molecule has 2 aliphatic rings. The molecule has 2 aromatic rings. The highest BCUT2D eigenvalue weighted by Gasteiger charge is 2.48. The maximum absolute atomic E-state index is 12.5. The van der Waals surface area contributed by atoms with E-state index in [1.165, 1.54) is 0 Å². The van der Waals surface area contributed by atoms with E-state index in [-0.39, 0.29) is 40.5 Å². The molecule has 2 aromatic carbocycles. The lowest BCUT2D eigenvalue weighted by Crippen LogP contribution is -2.64. The molecule has 0 spiro atoms. The molecule has 1 aliphatic carbocycles. The van der Waals surface area contributed by atoms with E-state index < -0.39 is 8.32 Å². The minimum Gasteiger partial charge on any atom is -0.507 e. The standard InChI is InChI=1S/C25H33NO4Si/c1-14(30-31(5,6)25(2,3)4)20-21(26-24(20)29)15-11-12-18-19(13-15)23(28)17-10-8-7-9-16(17)22(18)27/h7-11,14,20-21,27-28H,12-13H2,1-6H3,(H,26,29)/t14-,20+,21+/m0/s1. The Morgan fingerprint density at radius 1 is 1.10 bits per heavy atom. The summed E-state index contributed by atoms with van der Waals surface area (Å²) in [5.74, 6) is 0.246. The van der Waals surface area contributed by atoms with Crippen molar-refractivity contribution in [1.82, 2.24) is 5.32 Å². The van der Waals surface area contributed by atoms with Gasteiger partial charge in [0.05, 0.1) is 18.1 Å².